The number of hydrogen-bond acceptors (Lipinski definition) is 4. The lowest BCUT2D eigenvalue weighted by atomic mass is 10.2. The summed E-state index contributed by atoms with van der Waals surface area (Å²) in [7, 11) is 0. The number of amides is 1. The lowest BCUT2D eigenvalue weighted by molar-refractivity contribution is -0.126. The van der Waals surface area contributed by atoms with Gasteiger partial charge in [-0.1, -0.05) is 6.07 Å². The van der Waals surface area contributed by atoms with Gasteiger partial charge in [0.2, 0.25) is 0 Å². The van der Waals surface area contributed by atoms with Crippen molar-refractivity contribution in [1.29, 1.82) is 0 Å². The Labute approximate surface area is 149 Å². The first kappa shape index (κ1) is 20.0. The SMILES string of the molecule is Cl.Cl.NC[C@H]1CC[C@@H](C(=O)Nc2cccc(N3CCCC3)c2)O1. The van der Waals surface area contributed by atoms with Gasteiger partial charge in [0.15, 0.2) is 0 Å². The molecule has 130 valence electrons. The van der Waals surface area contributed by atoms with Crippen LogP contribution in [0.25, 0.3) is 0 Å². The standard InChI is InChI=1S/C16H23N3O2.2ClH/c17-11-14-6-7-15(21-14)16(20)18-12-4-3-5-13(10-12)19-8-1-2-9-19;;/h3-5,10,14-15H,1-2,6-9,11,17H2,(H,18,20);2*1H/t14-,15+;;/m1../s1. The summed E-state index contributed by atoms with van der Waals surface area (Å²) in [6.07, 6.45) is 3.76. The summed E-state index contributed by atoms with van der Waals surface area (Å²) in [5.74, 6) is -0.0653. The van der Waals surface area contributed by atoms with E-state index in [0.29, 0.717) is 6.54 Å². The van der Waals surface area contributed by atoms with Gasteiger partial charge in [-0.2, -0.15) is 0 Å². The van der Waals surface area contributed by atoms with Crippen LogP contribution in [0.2, 0.25) is 0 Å². The van der Waals surface area contributed by atoms with E-state index >= 15 is 0 Å². The third kappa shape index (κ3) is 4.98. The molecule has 0 radical (unpaired) electrons. The average molecular weight is 362 g/mol. The normalized spacial score (nSPS) is 23.1. The summed E-state index contributed by atoms with van der Waals surface area (Å²) < 4.78 is 5.63. The molecule has 2 aliphatic rings. The summed E-state index contributed by atoms with van der Waals surface area (Å²) in [4.78, 5) is 14.6. The Balaban J connectivity index is 0.00000132. The van der Waals surface area contributed by atoms with E-state index in [1.807, 2.05) is 18.2 Å². The number of carbonyl (C=O) groups is 1. The van der Waals surface area contributed by atoms with Gasteiger partial charge < -0.3 is 20.7 Å². The number of nitrogens with one attached hydrogen (secondary N) is 1. The quantitative estimate of drug-likeness (QED) is 0.864. The topological polar surface area (TPSA) is 67.6 Å². The van der Waals surface area contributed by atoms with Crippen LogP contribution in [-0.2, 0) is 9.53 Å². The van der Waals surface area contributed by atoms with Crippen LogP contribution in [0.1, 0.15) is 25.7 Å². The molecule has 23 heavy (non-hydrogen) atoms. The fourth-order valence-corrected chi connectivity index (χ4v) is 3.05. The van der Waals surface area contributed by atoms with E-state index in [0.717, 1.165) is 31.6 Å². The van der Waals surface area contributed by atoms with Crippen LogP contribution < -0.4 is 16.0 Å². The van der Waals surface area contributed by atoms with Gasteiger partial charge in [-0.3, -0.25) is 4.79 Å². The number of benzene rings is 1. The van der Waals surface area contributed by atoms with E-state index in [9.17, 15) is 4.79 Å². The third-order valence-corrected chi connectivity index (χ3v) is 4.25. The lowest BCUT2D eigenvalue weighted by Gasteiger charge is -2.19. The predicted octanol–water partition coefficient (Wildman–Crippen LogP) is 2.58. The Morgan fingerprint density at radius 1 is 1.26 bits per heavy atom. The molecule has 0 aromatic heterocycles. The number of carbonyl (C=O) groups excluding carboxylic acids is 1. The van der Waals surface area contributed by atoms with E-state index in [4.69, 9.17) is 10.5 Å². The molecule has 1 aromatic carbocycles. The van der Waals surface area contributed by atoms with Crippen LogP contribution in [0.5, 0.6) is 0 Å². The molecule has 3 rings (SSSR count). The zero-order chi connectivity index (χ0) is 14.7. The second kappa shape index (κ2) is 9.33. The second-order valence-electron chi connectivity index (χ2n) is 5.79. The van der Waals surface area contributed by atoms with Crippen molar-refractivity contribution >= 4 is 42.1 Å². The highest BCUT2D eigenvalue weighted by Gasteiger charge is 2.29. The van der Waals surface area contributed by atoms with Gasteiger partial charge in [-0.05, 0) is 43.9 Å². The number of ether oxygens (including phenoxy) is 1. The van der Waals surface area contributed by atoms with Crippen LogP contribution in [0.4, 0.5) is 11.4 Å². The van der Waals surface area contributed by atoms with Gasteiger partial charge in [0.05, 0.1) is 6.10 Å². The van der Waals surface area contributed by atoms with Gasteiger partial charge in [0, 0.05) is 31.0 Å². The van der Waals surface area contributed by atoms with E-state index in [1.54, 1.807) is 0 Å². The summed E-state index contributed by atoms with van der Waals surface area (Å²) in [5, 5.41) is 2.96. The number of rotatable bonds is 4. The predicted molar refractivity (Wildman–Crippen MR) is 98.0 cm³/mol. The molecule has 2 fully saturated rings. The molecule has 2 aliphatic heterocycles. The lowest BCUT2D eigenvalue weighted by Crippen LogP contribution is -2.29. The first-order valence-corrected chi connectivity index (χ1v) is 7.77. The summed E-state index contributed by atoms with van der Waals surface area (Å²) in [5.41, 5.74) is 7.59. The average Bonchev–Trinajstić information content (AvgIpc) is 3.19. The van der Waals surface area contributed by atoms with Crippen LogP contribution in [-0.4, -0.2) is 37.7 Å². The number of nitrogens with two attached hydrogens (primary N) is 1. The molecule has 0 unspecified atom stereocenters. The van der Waals surface area contributed by atoms with Crippen molar-refractivity contribution < 1.29 is 9.53 Å². The highest BCUT2D eigenvalue weighted by atomic mass is 35.5. The Morgan fingerprint density at radius 3 is 2.65 bits per heavy atom. The molecular formula is C16H25Cl2N3O2. The van der Waals surface area contributed by atoms with Gasteiger partial charge in [-0.25, -0.2) is 0 Å². The largest absolute Gasteiger partial charge is 0.371 e. The maximum atomic E-state index is 12.2. The molecule has 1 amide bonds. The van der Waals surface area contributed by atoms with Gasteiger partial charge in [-0.15, -0.1) is 24.8 Å². The summed E-state index contributed by atoms with van der Waals surface area (Å²) in [6, 6.07) is 8.05. The molecule has 0 bridgehead atoms. The minimum Gasteiger partial charge on any atom is -0.371 e. The number of anilines is 2. The minimum atomic E-state index is -0.367. The van der Waals surface area contributed by atoms with Crippen LogP contribution in [0.15, 0.2) is 24.3 Å². The zero-order valence-electron chi connectivity index (χ0n) is 13.1. The van der Waals surface area contributed by atoms with Crippen LogP contribution in [0, 0.1) is 0 Å². The Bertz CT molecular complexity index is 510. The highest BCUT2D eigenvalue weighted by molar-refractivity contribution is 5.94. The van der Waals surface area contributed by atoms with Crippen LogP contribution >= 0.6 is 24.8 Å². The second-order valence-corrected chi connectivity index (χ2v) is 5.79. The summed E-state index contributed by atoms with van der Waals surface area (Å²) >= 11 is 0. The fourth-order valence-electron chi connectivity index (χ4n) is 3.05. The van der Waals surface area contributed by atoms with E-state index in [2.05, 4.69) is 16.3 Å². The van der Waals surface area contributed by atoms with Crippen molar-refractivity contribution in [3.8, 4) is 0 Å². The minimum absolute atomic E-state index is 0. The summed E-state index contributed by atoms with van der Waals surface area (Å²) in [6.45, 7) is 2.68. The molecule has 3 N–H and O–H groups in total. The maximum absolute atomic E-state index is 12.2. The first-order valence-electron chi connectivity index (χ1n) is 7.77. The first-order chi connectivity index (χ1) is 10.3. The molecular weight excluding hydrogens is 337 g/mol. The van der Waals surface area contributed by atoms with Crippen LogP contribution in [0.3, 0.4) is 0 Å². The van der Waals surface area contributed by atoms with Crippen molar-refractivity contribution in [3.63, 3.8) is 0 Å². The molecule has 1 aromatic rings. The number of nitrogens with zero attached hydrogens (tertiary/aromatic N) is 1. The molecule has 2 atom stereocenters. The molecule has 0 aliphatic carbocycles. The Morgan fingerprint density at radius 2 is 2.00 bits per heavy atom. The Kier molecular flexibility index (Phi) is 8.12. The molecule has 5 nitrogen and oxygen atoms in total. The fraction of sp³-hybridized carbons (Fsp3) is 0.562. The smallest absolute Gasteiger partial charge is 0.253 e. The molecule has 0 saturated carbocycles. The molecule has 7 heteroatoms. The van der Waals surface area contributed by atoms with Gasteiger partial charge in [0.1, 0.15) is 6.10 Å². The van der Waals surface area contributed by atoms with Gasteiger partial charge >= 0.3 is 0 Å². The third-order valence-electron chi connectivity index (χ3n) is 4.25. The molecule has 0 spiro atoms. The highest BCUT2D eigenvalue weighted by Crippen LogP contribution is 2.25. The van der Waals surface area contributed by atoms with Crippen molar-refractivity contribution in [2.75, 3.05) is 29.9 Å². The Hall–Kier alpha value is -1.01. The van der Waals surface area contributed by atoms with Gasteiger partial charge in [0.25, 0.3) is 5.91 Å². The van der Waals surface area contributed by atoms with E-state index in [1.165, 1.54) is 18.5 Å². The van der Waals surface area contributed by atoms with Crippen molar-refractivity contribution in [2.45, 2.75) is 37.9 Å². The number of hydrogen-bond donors (Lipinski definition) is 2. The van der Waals surface area contributed by atoms with Crippen molar-refractivity contribution in [1.82, 2.24) is 0 Å². The monoisotopic (exact) mass is 361 g/mol. The zero-order valence-corrected chi connectivity index (χ0v) is 14.7. The molecule has 2 heterocycles. The number of halogens is 2. The van der Waals surface area contributed by atoms with Crippen molar-refractivity contribution in [3.05, 3.63) is 24.3 Å². The van der Waals surface area contributed by atoms with E-state index in [-0.39, 0.29) is 42.9 Å². The van der Waals surface area contributed by atoms with E-state index < -0.39 is 0 Å². The maximum Gasteiger partial charge on any atom is 0.253 e. The van der Waals surface area contributed by atoms with Crippen molar-refractivity contribution in [2.24, 2.45) is 5.73 Å². The molecule has 2 saturated heterocycles.